The molecule has 7 heteroatoms. The molecule has 1 aliphatic rings. The largest absolute Gasteiger partial charge is 0.418 e. The average Bonchev–Trinajstić information content (AvgIpc) is 2.58. The minimum Gasteiger partial charge on any atom is -0.385 e. The molecule has 0 atom stereocenters. The van der Waals surface area contributed by atoms with Crippen molar-refractivity contribution in [3.63, 3.8) is 0 Å². The molecule has 1 aromatic rings. The summed E-state index contributed by atoms with van der Waals surface area (Å²) in [5.74, 6) is -1.40. The Bertz CT molecular complexity index is 510. The second-order valence-corrected chi connectivity index (χ2v) is 3.06. The number of hydrogen-bond donors (Lipinski definition) is 2. The van der Waals surface area contributed by atoms with Crippen LogP contribution in [0.25, 0.3) is 0 Å². The molecule has 1 aliphatic heterocycles. The smallest absolute Gasteiger partial charge is 0.385 e. The van der Waals surface area contributed by atoms with Gasteiger partial charge in [0.1, 0.15) is 0 Å². The molecule has 2 rings (SSSR count). The molecule has 0 aromatic heterocycles. The number of imide groups is 1. The number of anilines is 1. The Hall–Kier alpha value is -2.70. The first kappa shape index (κ1) is 10.8. The number of aliphatic imine (C=N–C) groups is 1. The summed E-state index contributed by atoms with van der Waals surface area (Å²) in [6.45, 7) is 0. The lowest BCUT2D eigenvalue weighted by Gasteiger charge is -2.03. The van der Waals surface area contributed by atoms with Crippen LogP contribution in [0.1, 0.15) is 0 Å². The fourth-order valence-electron chi connectivity index (χ4n) is 1.14. The van der Waals surface area contributed by atoms with Crippen LogP contribution >= 0.6 is 0 Å². The molecule has 0 aliphatic carbocycles. The topological polar surface area (TPSA) is 96.9 Å². The summed E-state index contributed by atoms with van der Waals surface area (Å²) in [5, 5.41) is 4.22. The van der Waals surface area contributed by atoms with Gasteiger partial charge in [-0.2, -0.15) is 4.99 Å². The monoisotopic (exact) mass is 233 g/mol. The average molecular weight is 233 g/mol. The van der Waals surface area contributed by atoms with E-state index in [1.165, 1.54) is 0 Å². The number of carbonyl (C=O) groups is 3. The summed E-state index contributed by atoms with van der Waals surface area (Å²) in [4.78, 5) is 36.2. The third-order valence-electron chi connectivity index (χ3n) is 1.83. The Balaban J connectivity index is 1.97. The van der Waals surface area contributed by atoms with Gasteiger partial charge in [-0.15, -0.1) is 0 Å². The van der Waals surface area contributed by atoms with Crippen molar-refractivity contribution in [1.82, 2.24) is 5.32 Å². The fourth-order valence-corrected chi connectivity index (χ4v) is 1.14. The second-order valence-electron chi connectivity index (χ2n) is 3.06. The highest BCUT2D eigenvalue weighted by Gasteiger charge is 2.27. The maximum Gasteiger partial charge on any atom is 0.418 e. The molecule has 0 spiro atoms. The molecule has 0 bridgehead atoms. The number of ether oxygens (including phenoxy) is 1. The van der Waals surface area contributed by atoms with Gasteiger partial charge in [-0.3, -0.25) is 15.4 Å². The maximum absolute atomic E-state index is 11.3. The number of hydrogen-bond acceptors (Lipinski definition) is 4. The molecule has 0 saturated heterocycles. The fraction of sp³-hybridized carbons (Fsp3) is 0. The van der Waals surface area contributed by atoms with Crippen molar-refractivity contribution < 1.29 is 19.1 Å². The van der Waals surface area contributed by atoms with Crippen molar-refractivity contribution in [3.8, 4) is 0 Å². The van der Waals surface area contributed by atoms with Gasteiger partial charge in [0.05, 0.1) is 0 Å². The number of rotatable bonds is 1. The van der Waals surface area contributed by atoms with E-state index in [1.807, 2.05) is 5.32 Å². The Morgan fingerprint density at radius 1 is 1.24 bits per heavy atom. The summed E-state index contributed by atoms with van der Waals surface area (Å²) in [5.41, 5.74) is 0.503. The number of nitrogens with zero attached hydrogens (tertiary/aromatic N) is 1. The highest BCUT2D eigenvalue weighted by atomic mass is 16.6. The van der Waals surface area contributed by atoms with Gasteiger partial charge < -0.3 is 4.74 Å². The zero-order valence-corrected chi connectivity index (χ0v) is 8.47. The SMILES string of the molecule is O=C1N=C(OC(=O)Nc2ccccc2)C(=O)N1. The quantitative estimate of drug-likeness (QED) is 0.752. The zero-order chi connectivity index (χ0) is 12.3. The summed E-state index contributed by atoms with van der Waals surface area (Å²) in [6.07, 6.45) is -0.889. The van der Waals surface area contributed by atoms with Gasteiger partial charge in [-0.1, -0.05) is 18.2 Å². The molecule has 1 aromatic carbocycles. The second kappa shape index (κ2) is 4.44. The van der Waals surface area contributed by atoms with Crippen LogP contribution < -0.4 is 10.6 Å². The summed E-state index contributed by atoms with van der Waals surface area (Å²) in [6, 6.07) is 7.66. The van der Waals surface area contributed by atoms with E-state index in [4.69, 9.17) is 0 Å². The number of para-hydroxylation sites is 1. The highest BCUT2D eigenvalue weighted by molar-refractivity contribution is 6.44. The van der Waals surface area contributed by atoms with Crippen LogP contribution in [0.3, 0.4) is 0 Å². The molecule has 0 fully saturated rings. The highest BCUT2D eigenvalue weighted by Crippen LogP contribution is 2.06. The van der Waals surface area contributed by atoms with Gasteiger partial charge in [-0.25, -0.2) is 9.59 Å². The molecule has 7 nitrogen and oxygen atoms in total. The van der Waals surface area contributed by atoms with E-state index in [2.05, 4.69) is 15.0 Å². The van der Waals surface area contributed by atoms with Crippen molar-refractivity contribution in [2.24, 2.45) is 4.99 Å². The zero-order valence-electron chi connectivity index (χ0n) is 8.47. The van der Waals surface area contributed by atoms with E-state index in [0.717, 1.165) is 0 Å². The molecule has 0 unspecified atom stereocenters. The van der Waals surface area contributed by atoms with E-state index < -0.39 is 23.9 Å². The minimum atomic E-state index is -0.889. The third-order valence-corrected chi connectivity index (χ3v) is 1.83. The summed E-state index contributed by atoms with van der Waals surface area (Å²) in [7, 11) is 0. The van der Waals surface area contributed by atoms with Crippen molar-refractivity contribution in [2.75, 3.05) is 5.32 Å². The van der Waals surface area contributed by atoms with E-state index >= 15 is 0 Å². The number of benzene rings is 1. The lowest BCUT2D eigenvalue weighted by atomic mass is 10.3. The van der Waals surface area contributed by atoms with Crippen molar-refractivity contribution >= 4 is 29.6 Å². The van der Waals surface area contributed by atoms with Crippen LogP contribution in [0, 0.1) is 0 Å². The van der Waals surface area contributed by atoms with Crippen molar-refractivity contribution in [1.29, 1.82) is 0 Å². The summed E-state index contributed by atoms with van der Waals surface area (Å²) >= 11 is 0. The van der Waals surface area contributed by atoms with Crippen LogP contribution in [0.4, 0.5) is 15.3 Å². The molecule has 0 saturated carbocycles. The molecular formula is C10H7N3O4. The lowest BCUT2D eigenvalue weighted by Crippen LogP contribution is -2.29. The van der Waals surface area contributed by atoms with Crippen LogP contribution in [0.15, 0.2) is 35.3 Å². The number of carbonyl (C=O) groups excluding carboxylic acids is 3. The van der Waals surface area contributed by atoms with E-state index in [1.54, 1.807) is 30.3 Å². The van der Waals surface area contributed by atoms with Gasteiger partial charge in [0.2, 0.25) is 0 Å². The maximum atomic E-state index is 11.3. The molecule has 17 heavy (non-hydrogen) atoms. The van der Waals surface area contributed by atoms with Crippen LogP contribution in [-0.2, 0) is 9.53 Å². The van der Waals surface area contributed by atoms with Crippen molar-refractivity contribution in [3.05, 3.63) is 30.3 Å². The first-order valence-electron chi connectivity index (χ1n) is 4.63. The van der Waals surface area contributed by atoms with E-state index in [-0.39, 0.29) is 0 Å². The van der Waals surface area contributed by atoms with Crippen LogP contribution in [0.2, 0.25) is 0 Å². The molecular weight excluding hydrogens is 226 g/mol. The molecule has 0 radical (unpaired) electrons. The first-order valence-corrected chi connectivity index (χ1v) is 4.63. The predicted octanol–water partition coefficient (Wildman–Crippen LogP) is 0.883. The lowest BCUT2D eigenvalue weighted by molar-refractivity contribution is -0.114. The van der Waals surface area contributed by atoms with Crippen LogP contribution in [-0.4, -0.2) is 23.9 Å². The Morgan fingerprint density at radius 2 is 1.94 bits per heavy atom. The third kappa shape index (κ3) is 2.65. The Kier molecular flexibility index (Phi) is 2.82. The minimum absolute atomic E-state index is 0.503. The normalized spacial score (nSPS) is 14.0. The Labute approximate surface area is 95.5 Å². The first-order chi connectivity index (χ1) is 8.15. The van der Waals surface area contributed by atoms with Crippen molar-refractivity contribution in [2.45, 2.75) is 0 Å². The molecule has 86 valence electrons. The molecule has 2 N–H and O–H groups in total. The van der Waals surface area contributed by atoms with E-state index in [0.29, 0.717) is 5.69 Å². The predicted molar refractivity (Wildman–Crippen MR) is 57.5 cm³/mol. The van der Waals surface area contributed by atoms with Gasteiger partial charge in [0.15, 0.2) is 0 Å². The molecule has 4 amide bonds. The van der Waals surface area contributed by atoms with E-state index in [9.17, 15) is 14.4 Å². The van der Waals surface area contributed by atoms with Crippen LogP contribution in [0.5, 0.6) is 0 Å². The van der Waals surface area contributed by atoms with Gasteiger partial charge in [0, 0.05) is 5.69 Å². The van der Waals surface area contributed by atoms with Gasteiger partial charge in [-0.05, 0) is 12.1 Å². The van der Waals surface area contributed by atoms with Gasteiger partial charge in [0.25, 0.3) is 5.90 Å². The molecule has 1 heterocycles. The van der Waals surface area contributed by atoms with Gasteiger partial charge >= 0.3 is 18.0 Å². The Morgan fingerprint density at radius 3 is 2.53 bits per heavy atom. The number of urea groups is 1. The summed E-state index contributed by atoms with van der Waals surface area (Å²) < 4.78 is 4.57. The standard InChI is InChI=1S/C10H7N3O4/c14-7-8(13-9(15)12-7)17-10(16)11-6-4-2-1-3-5-6/h1-5H,(H,11,16)(H,12,14,15). The number of amides is 4. The number of nitrogens with one attached hydrogen (secondary N) is 2.